The second-order valence-corrected chi connectivity index (χ2v) is 6.04. The molecule has 1 aliphatic heterocycles. The number of hydrogen-bond acceptors (Lipinski definition) is 2. The second-order valence-electron chi connectivity index (χ2n) is 6.04. The van der Waals surface area contributed by atoms with E-state index >= 15 is 0 Å². The summed E-state index contributed by atoms with van der Waals surface area (Å²) in [5, 5.41) is 0. The molecule has 0 amide bonds. The highest BCUT2D eigenvalue weighted by Gasteiger charge is 2.32. The van der Waals surface area contributed by atoms with Gasteiger partial charge in [0.25, 0.3) is 0 Å². The summed E-state index contributed by atoms with van der Waals surface area (Å²) in [5.74, 6) is 1.86. The first-order chi connectivity index (χ1) is 7.70. The monoisotopic (exact) mass is 224 g/mol. The Hall–Kier alpha value is -0.0800. The van der Waals surface area contributed by atoms with Crippen molar-refractivity contribution in [1.29, 1.82) is 0 Å². The first-order valence-electron chi connectivity index (χ1n) is 7.20. The zero-order chi connectivity index (χ0) is 11.5. The van der Waals surface area contributed by atoms with Crippen LogP contribution in [0.4, 0.5) is 0 Å². The lowest BCUT2D eigenvalue weighted by atomic mass is 9.81. The molecule has 94 valence electrons. The molecule has 1 aliphatic carbocycles. The van der Waals surface area contributed by atoms with E-state index in [-0.39, 0.29) is 0 Å². The summed E-state index contributed by atoms with van der Waals surface area (Å²) in [6, 6.07) is 1.12. The maximum Gasteiger partial charge on any atom is 0.0249 e. The van der Waals surface area contributed by atoms with Gasteiger partial charge in [0.2, 0.25) is 0 Å². The van der Waals surface area contributed by atoms with Crippen molar-refractivity contribution in [2.45, 2.75) is 64.5 Å². The van der Waals surface area contributed by atoms with Gasteiger partial charge < -0.3 is 5.73 Å². The van der Waals surface area contributed by atoms with Gasteiger partial charge in [0.05, 0.1) is 0 Å². The number of piperidine rings is 1. The summed E-state index contributed by atoms with van der Waals surface area (Å²) < 4.78 is 0. The molecule has 2 heteroatoms. The van der Waals surface area contributed by atoms with Crippen LogP contribution in [0.5, 0.6) is 0 Å². The molecule has 2 fully saturated rings. The highest BCUT2D eigenvalue weighted by molar-refractivity contribution is 4.90. The van der Waals surface area contributed by atoms with E-state index in [1.807, 2.05) is 0 Å². The number of rotatable bonds is 2. The Morgan fingerprint density at radius 3 is 2.44 bits per heavy atom. The van der Waals surface area contributed by atoms with Crippen LogP contribution in [0.25, 0.3) is 0 Å². The van der Waals surface area contributed by atoms with Crippen LogP contribution in [0.2, 0.25) is 0 Å². The molecule has 0 spiro atoms. The van der Waals surface area contributed by atoms with Crippen molar-refractivity contribution in [3.8, 4) is 0 Å². The van der Waals surface area contributed by atoms with Crippen LogP contribution in [0.3, 0.4) is 0 Å². The molecule has 2 rings (SSSR count). The molecule has 3 unspecified atom stereocenters. The quantitative estimate of drug-likeness (QED) is 0.781. The van der Waals surface area contributed by atoms with E-state index in [1.54, 1.807) is 0 Å². The molecule has 2 N–H and O–H groups in total. The Labute approximate surface area is 101 Å². The Morgan fingerprint density at radius 1 is 1.12 bits per heavy atom. The molecule has 3 atom stereocenters. The van der Waals surface area contributed by atoms with Crippen LogP contribution in [-0.4, -0.2) is 30.1 Å². The Bertz CT molecular complexity index is 209. The third-order valence-electron chi connectivity index (χ3n) is 4.83. The Kier molecular flexibility index (Phi) is 4.26. The minimum atomic E-state index is 0.439. The van der Waals surface area contributed by atoms with Gasteiger partial charge in [-0.2, -0.15) is 0 Å². The molecule has 0 radical (unpaired) electrons. The first kappa shape index (κ1) is 12.4. The van der Waals surface area contributed by atoms with Crippen molar-refractivity contribution >= 4 is 0 Å². The fourth-order valence-electron chi connectivity index (χ4n) is 3.49. The molecule has 0 aromatic rings. The summed E-state index contributed by atoms with van der Waals surface area (Å²) in [4.78, 5) is 2.69. The van der Waals surface area contributed by atoms with Gasteiger partial charge in [0.15, 0.2) is 0 Å². The minimum Gasteiger partial charge on any atom is -0.326 e. The predicted molar refractivity (Wildman–Crippen MR) is 69.4 cm³/mol. The van der Waals surface area contributed by atoms with Gasteiger partial charge in [-0.25, -0.2) is 0 Å². The van der Waals surface area contributed by atoms with Crippen LogP contribution in [0.1, 0.15) is 52.4 Å². The zero-order valence-electron chi connectivity index (χ0n) is 11.0. The van der Waals surface area contributed by atoms with Gasteiger partial charge in [-0.15, -0.1) is 0 Å². The molecular weight excluding hydrogens is 196 g/mol. The molecule has 0 bridgehead atoms. The highest BCUT2D eigenvalue weighted by atomic mass is 15.2. The Morgan fingerprint density at radius 2 is 1.81 bits per heavy atom. The largest absolute Gasteiger partial charge is 0.326 e. The average Bonchev–Trinajstić information content (AvgIpc) is 2.32. The molecule has 1 heterocycles. The molecule has 0 aromatic heterocycles. The number of likely N-dealkylation sites (tertiary alicyclic amines) is 1. The maximum atomic E-state index is 6.30. The molecule has 0 aromatic carbocycles. The third kappa shape index (κ3) is 2.78. The van der Waals surface area contributed by atoms with E-state index in [0.29, 0.717) is 12.1 Å². The van der Waals surface area contributed by atoms with Gasteiger partial charge in [0.1, 0.15) is 0 Å². The summed E-state index contributed by atoms with van der Waals surface area (Å²) >= 11 is 0. The zero-order valence-corrected chi connectivity index (χ0v) is 11.0. The highest BCUT2D eigenvalue weighted by Crippen LogP contribution is 2.30. The SMILES string of the molecule is CCC1CCN(C2CC(C)CCC2N)CC1. The molecule has 1 saturated carbocycles. The Balaban J connectivity index is 1.87. The molecule has 2 aliphatic rings. The van der Waals surface area contributed by atoms with Crippen molar-refractivity contribution in [3.05, 3.63) is 0 Å². The van der Waals surface area contributed by atoms with Crippen LogP contribution in [0, 0.1) is 11.8 Å². The van der Waals surface area contributed by atoms with Crippen LogP contribution in [-0.2, 0) is 0 Å². The molecular formula is C14H28N2. The van der Waals surface area contributed by atoms with E-state index in [9.17, 15) is 0 Å². The lowest BCUT2D eigenvalue weighted by Gasteiger charge is -2.43. The van der Waals surface area contributed by atoms with Gasteiger partial charge >= 0.3 is 0 Å². The van der Waals surface area contributed by atoms with Crippen molar-refractivity contribution in [2.75, 3.05) is 13.1 Å². The van der Waals surface area contributed by atoms with Crippen LogP contribution < -0.4 is 5.73 Å². The van der Waals surface area contributed by atoms with Crippen molar-refractivity contribution < 1.29 is 0 Å². The van der Waals surface area contributed by atoms with E-state index in [2.05, 4.69) is 18.7 Å². The van der Waals surface area contributed by atoms with Gasteiger partial charge in [-0.1, -0.05) is 20.3 Å². The maximum absolute atomic E-state index is 6.30. The van der Waals surface area contributed by atoms with Crippen molar-refractivity contribution in [3.63, 3.8) is 0 Å². The lowest BCUT2D eigenvalue weighted by molar-refractivity contribution is 0.0784. The molecule has 16 heavy (non-hydrogen) atoms. The van der Waals surface area contributed by atoms with Crippen LogP contribution >= 0.6 is 0 Å². The summed E-state index contributed by atoms with van der Waals surface area (Å²) in [6.45, 7) is 7.31. The summed E-state index contributed by atoms with van der Waals surface area (Å²) in [5.41, 5.74) is 6.30. The first-order valence-corrected chi connectivity index (χ1v) is 7.20. The fraction of sp³-hybridized carbons (Fsp3) is 1.00. The summed E-state index contributed by atoms with van der Waals surface area (Å²) in [7, 11) is 0. The van der Waals surface area contributed by atoms with E-state index < -0.39 is 0 Å². The predicted octanol–water partition coefficient (Wildman–Crippen LogP) is 2.62. The number of nitrogens with zero attached hydrogens (tertiary/aromatic N) is 1. The molecule has 1 saturated heterocycles. The van der Waals surface area contributed by atoms with E-state index in [1.165, 1.54) is 51.6 Å². The van der Waals surface area contributed by atoms with Gasteiger partial charge in [0, 0.05) is 12.1 Å². The third-order valence-corrected chi connectivity index (χ3v) is 4.83. The van der Waals surface area contributed by atoms with E-state index in [0.717, 1.165) is 11.8 Å². The van der Waals surface area contributed by atoms with Crippen LogP contribution in [0.15, 0.2) is 0 Å². The smallest absolute Gasteiger partial charge is 0.0249 e. The van der Waals surface area contributed by atoms with Crippen molar-refractivity contribution in [1.82, 2.24) is 4.90 Å². The normalized spacial score (nSPS) is 38.8. The second kappa shape index (κ2) is 5.50. The number of hydrogen-bond donors (Lipinski definition) is 1. The van der Waals surface area contributed by atoms with Gasteiger partial charge in [-0.3, -0.25) is 4.90 Å². The van der Waals surface area contributed by atoms with Crippen molar-refractivity contribution in [2.24, 2.45) is 17.6 Å². The standard InChI is InChI=1S/C14H28N2/c1-3-12-6-8-16(9-7-12)14-10-11(2)4-5-13(14)15/h11-14H,3-10,15H2,1-2H3. The topological polar surface area (TPSA) is 29.3 Å². The van der Waals surface area contributed by atoms with Gasteiger partial charge in [-0.05, 0) is 57.0 Å². The minimum absolute atomic E-state index is 0.439. The molecule has 2 nitrogen and oxygen atoms in total. The number of nitrogens with two attached hydrogens (primary N) is 1. The summed E-state index contributed by atoms with van der Waals surface area (Å²) in [6.07, 6.45) is 8.06. The fourth-order valence-corrected chi connectivity index (χ4v) is 3.49. The average molecular weight is 224 g/mol. The lowest BCUT2D eigenvalue weighted by Crippen LogP contribution is -2.53. The van der Waals surface area contributed by atoms with E-state index in [4.69, 9.17) is 5.73 Å².